The van der Waals surface area contributed by atoms with Gasteiger partial charge in [0.25, 0.3) is 0 Å². The molecule has 2 heterocycles. The fraction of sp³-hybridized carbons (Fsp3) is 0.250. The van der Waals surface area contributed by atoms with Crippen molar-refractivity contribution in [3.63, 3.8) is 0 Å². The molecule has 2 aliphatic heterocycles. The molecule has 0 saturated carbocycles. The van der Waals surface area contributed by atoms with Crippen molar-refractivity contribution in [1.29, 1.82) is 0 Å². The first-order valence-corrected chi connectivity index (χ1v) is 9.16. The van der Waals surface area contributed by atoms with Crippen molar-refractivity contribution in [3.8, 4) is 0 Å². The van der Waals surface area contributed by atoms with Gasteiger partial charge in [-0.1, -0.05) is 70.7 Å². The van der Waals surface area contributed by atoms with E-state index in [2.05, 4.69) is 106 Å². The van der Waals surface area contributed by atoms with Gasteiger partial charge in [0.1, 0.15) is 0 Å². The summed E-state index contributed by atoms with van der Waals surface area (Å²) in [4.78, 5) is 0. The second kappa shape index (κ2) is 5.63. The molecular formula is C24H26N2. The predicted octanol–water partition coefficient (Wildman–Crippen LogP) is 6.12. The van der Waals surface area contributed by atoms with Gasteiger partial charge in [-0.15, -0.1) is 0 Å². The minimum Gasteiger partial charge on any atom is -0.358 e. The first-order chi connectivity index (χ1) is 12.3. The molecule has 0 aliphatic carbocycles. The van der Waals surface area contributed by atoms with E-state index in [1.54, 1.807) is 0 Å². The molecule has 0 bridgehead atoms. The Kier molecular flexibility index (Phi) is 3.62. The van der Waals surface area contributed by atoms with Crippen LogP contribution in [0.1, 0.15) is 38.8 Å². The number of benzene rings is 2. The summed E-state index contributed by atoms with van der Waals surface area (Å²) in [7, 11) is 0. The minimum atomic E-state index is -0.0420. The molecule has 2 nitrogen and oxygen atoms in total. The van der Waals surface area contributed by atoms with Crippen molar-refractivity contribution < 1.29 is 0 Å². The number of allylic oxidation sites excluding steroid dienone is 5. The summed E-state index contributed by atoms with van der Waals surface area (Å²) in [6.07, 6.45) is 4.35. The fourth-order valence-electron chi connectivity index (χ4n) is 4.01. The van der Waals surface area contributed by atoms with Gasteiger partial charge in [-0.05, 0) is 41.0 Å². The van der Waals surface area contributed by atoms with Crippen molar-refractivity contribution in [2.24, 2.45) is 0 Å². The second-order valence-corrected chi connectivity index (χ2v) is 8.28. The molecule has 2 N–H and O–H groups in total. The Morgan fingerprint density at radius 3 is 1.50 bits per heavy atom. The quantitative estimate of drug-likeness (QED) is 0.687. The molecule has 2 heteroatoms. The Bertz CT molecular complexity index is 880. The predicted molar refractivity (Wildman–Crippen MR) is 111 cm³/mol. The van der Waals surface area contributed by atoms with Crippen LogP contribution >= 0.6 is 0 Å². The number of fused-ring (bicyclic) bond motifs is 2. The van der Waals surface area contributed by atoms with Gasteiger partial charge in [0.2, 0.25) is 0 Å². The number of para-hydroxylation sites is 2. The average molecular weight is 342 g/mol. The van der Waals surface area contributed by atoms with E-state index >= 15 is 0 Å². The van der Waals surface area contributed by atoms with Crippen LogP contribution in [0.4, 0.5) is 11.4 Å². The first kappa shape index (κ1) is 16.7. The van der Waals surface area contributed by atoms with E-state index < -0.39 is 0 Å². The van der Waals surface area contributed by atoms with E-state index in [0.717, 1.165) is 5.57 Å². The topological polar surface area (TPSA) is 24.1 Å². The summed E-state index contributed by atoms with van der Waals surface area (Å²) in [5.74, 6) is 0. The summed E-state index contributed by atoms with van der Waals surface area (Å²) >= 11 is 0. The summed E-state index contributed by atoms with van der Waals surface area (Å²) < 4.78 is 0. The Balaban J connectivity index is 1.65. The summed E-state index contributed by atoms with van der Waals surface area (Å²) in [5, 5.41) is 7.14. The zero-order valence-electron chi connectivity index (χ0n) is 16.0. The molecule has 0 radical (unpaired) electrons. The highest BCUT2D eigenvalue weighted by molar-refractivity contribution is 5.70. The molecule has 2 aliphatic rings. The molecule has 0 amide bonds. The molecule has 4 rings (SSSR count). The Morgan fingerprint density at radius 2 is 1.12 bits per heavy atom. The van der Waals surface area contributed by atoms with Crippen molar-refractivity contribution in [3.05, 3.63) is 95.4 Å². The Hall–Kier alpha value is -2.74. The lowest BCUT2D eigenvalue weighted by Crippen LogP contribution is -2.18. The highest BCUT2D eigenvalue weighted by Crippen LogP contribution is 2.45. The average Bonchev–Trinajstić information content (AvgIpc) is 2.99. The lowest BCUT2D eigenvalue weighted by atomic mass is 9.82. The van der Waals surface area contributed by atoms with Gasteiger partial charge in [0.15, 0.2) is 0 Å². The maximum Gasteiger partial charge on any atom is 0.0424 e. The van der Waals surface area contributed by atoms with Gasteiger partial charge in [-0.3, -0.25) is 0 Å². The Labute approximate surface area is 156 Å². The van der Waals surface area contributed by atoms with Gasteiger partial charge in [0.05, 0.1) is 0 Å². The lowest BCUT2D eigenvalue weighted by molar-refractivity contribution is 0.651. The van der Waals surface area contributed by atoms with Crippen molar-refractivity contribution >= 4 is 11.4 Å². The lowest BCUT2D eigenvalue weighted by Gasteiger charge is -2.22. The summed E-state index contributed by atoms with van der Waals surface area (Å²) in [6, 6.07) is 17.0. The summed E-state index contributed by atoms with van der Waals surface area (Å²) in [6.45, 7) is 13.3. The second-order valence-electron chi connectivity index (χ2n) is 8.28. The third-order valence-corrected chi connectivity index (χ3v) is 5.75. The zero-order chi connectivity index (χ0) is 18.5. The van der Waals surface area contributed by atoms with Crippen LogP contribution in [-0.4, -0.2) is 0 Å². The maximum atomic E-state index is 4.31. The highest BCUT2D eigenvalue weighted by Gasteiger charge is 2.36. The third kappa shape index (κ3) is 2.48. The van der Waals surface area contributed by atoms with E-state index in [-0.39, 0.29) is 10.8 Å². The van der Waals surface area contributed by atoms with E-state index in [4.69, 9.17) is 0 Å². The van der Waals surface area contributed by atoms with Gasteiger partial charge in [-0.25, -0.2) is 0 Å². The van der Waals surface area contributed by atoms with Crippen LogP contribution in [0.3, 0.4) is 0 Å². The van der Waals surface area contributed by atoms with Crippen molar-refractivity contribution in [2.45, 2.75) is 38.5 Å². The maximum absolute atomic E-state index is 4.31. The fourth-order valence-corrected chi connectivity index (χ4v) is 4.01. The molecule has 0 atom stereocenters. The molecule has 2 aromatic carbocycles. The Morgan fingerprint density at radius 1 is 0.731 bits per heavy atom. The molecule has 26 heavy (non-hydrogen) atoms. The molecule has 0 saturated heterocycles. The van der Waals surface area contributed by atoms with E-state index in [1.807, 2.05) is 0 Å². The molecule has 0 aromatic heterocycles. The summed E-state index contributed by atoms with van der Waals surface area (Å²) in [5.41, 5.74) is 8.34. The molecule has 132 valence electrons. The van der Waals surface area contributed by atoms with E-state index in [0.29, 0.717) is 0 Å². The van der Waals surface area contributed by atoms with Crippen LogP contribution in [0, 0.1) is 0 Å². The highest BCUT2D eigenvalue weighted by atomic mass is 15.0. The monoisotopic (exact) mass is 342 g/mol. The largest absolute Gasteiger partial charge is 0.358 e. The molecule has 0 unspecified atom stereocenters. The SMILES string of the molecule is C=C(/C=C1/Nc2ccccc2C1(C)C)/C=C1/Nc2ccccc2C1(C)C. The number of nitrogens with one attached hydrogen (secondary N) is 2. The van der Waals surface area contributed by atoms with E-state index in [9.17, 15) is 0 Å². The van der Waals surface area contributed by atoms with Gasteiger partial charge in [0, 0.05) is 33.6 Å². The first-order valence-electron chi connectivity index (χ1n) is 9.16. The van der Waals surface area contributed by atoms with Crippen LogP contribution in [0.2, 0.25) is 0 Å². The van der Waals surface area contributed by atoms with Gasteiger partial charge in [-0.2, -0.15) is 0 Å². The van der Waals surface area contributed by atoms with Gasteiger partial charge < -0.3 is 10.6 Å². The van der Waals surface area contributed by atoms with Crippen LogP contribution in [0.5, 0.6) is 0 Å². The molecular weight excluding hydrogens is 316 g/mol. The minimum absolute atomic E-state index is 0.0420. The normalized spacial score (nSPS) is 21.8. The molecule has 0 spiro atoms. The smallest absolute Gasteiger partial charge is 0.0424 e. The van der Waals surface area contributed by atoms with Crippen LogP contribution in [-0.2, 0) is 10.8 Å². The molecule has 0 fully saturated rings. The number of hydrogen-bond acceptors (Lipinski definition) is 2. The van der Waals surface area contributed by atoms with Crippen molar-refractivity contribution in [2.75, 3.05) is 10.6 Å². The number of anilines is 2. The van der Waals surface area contributed by atoms with Crippen LogP contribution < -0.4 is 10.6 Å². The standard InChI is InChI=1S/C24H26N2/c1-16(14-21-23(2,3)17-10-6-8-12-19(17)25-21)15-22-24(4,5)18-11-7-9-13-20(18)26-22/h6-15,25-26H,1H2,2-5H3/b21-14+,22-15+. The number of hydrogen-bond donors (Lipinski definition) is 2. The van der Waals surface area contributed by atoms with Crippen LogP contribution in [0.15, 0.2) is 84.2 Å². The molecule has 2 aromatic rings. The van der Waals surface area contributed by atoms with Crippen LogP contribution in [0.25, 0.3) is 0 Å². The zero-order valence-corrected chi connectivity index (χ0v) is 16.0. The van der Waals surface area contributed by atoms with Crippen molar-refractivity contribution in [1.82, 2.24) is 0 Å². The van der Waals surface area contributed by atoms with Gasteiger partial charge >= 0.3 is 0 Å². The number of rotatable bonds is 2. The third-order valence-electron chi connectivity index (χ3n) is 5.75. The van der Waals surface area contributed by atoms with E-state index in [1.165, 1.54) is 33.9 Å².